The Morgan fingerprint density at radius 1 is 1.25 bits per heavy atom. The number of rotatable bonds is 5. The average molecular weight is 316 g/mol. The molecule has 1 rings (SSSR count). The zero-order valence-corrected chi connectivity index (χ0v) is 12.6. The molecule has 1 aromatic rings. The molecule has 1 aromatic carbocycles. The lowest BCUT2D eigenvalue weighted by Gasteiger charge is -2.25. The molecule has 108 valence electrons. The van der Waals surface area contributed by atoms with Crippen LogP contribution in [0.5, 0.6) is 0 Å². The van der Waals surface area contributed by atoms with Gasteiger partial charge in [-0.3, -0.25) is 4.79 Å². The van der Waals surface area contributed by atoms with E-state index in [1.54, 1.807) is 23.1 Å². The van der Waals surface area contributed by atoms with Crippen molar-refractivity contribution in [2.75, 3.05) is 0 Å². The molecular formula is C14H15Cl2NO3. The molecule has 1 N–H and O–H groups in total. The Hall–Kier alpha value is -1.52. The second kappa shape index (κ2) is 7.31. The first-order valence-electron chi connectivity index (χ1n) is 5.96. The molecule has 0 unspecified atom stereocenters. The van der Waals surface area contributed by atoms with E-state index in [-0.39, 0.29) is 11.9 Å². The van der Waals surface area contributed by atoms with Gasteiger partial charge in [0.15, 0.2) is 0 Å². The third kappa shape index (κ3) is 4.87. The lowest BCUT2D eigenvalue weighted by Crippen LogP contribution is -2.35. The molecule has 0 radical (unpaired) electrons. The number of carboxylic acids is 1. The number of benzene rings is 1. The number of halogens is 2. The second-order valence-corrected chi connectivity index (χ2v) is 5.29. The lowest BCUT2D eigenvalue weighted by atomic mass is 10.2. The fraction of sp³-hybridized carbons (Fsp3) is 0.286. The van der Waals surface area contributed by atoms with E-state index < -0.39 is 5.97 Å². The van der Waals surface area contributed by atoms with Crippen molar-refractivity contribution in [1.82, 2.24) is 4.90 Å². The summed E-state index contributed by atoms with van der Waals surface area (Å²) in [6.07, 6.45) is 1.87. The number of carbonyl (C=O) groups excluding carboxylic acids is 1. The van der Waals surface area contributed by atoms with Crippen LogP contribution in [0.25, 0.3) is 0 Å². The number of carboxylic acid groups (broad SMARTS) is 1. The maximum Gasteiger partial charge on any atom is 0.328 e. The molecule has 0 aliphatic carbocycles. The normalized spacial score (nSPS) is 11.1. The topological polar surface area (TPSA) is 57.6 Å². The molecule has 0 aliphatic rings. The second-order valence-electron chi connectivity index (χ2n) is 4.48. The maximum atomic E-state index is 12.0. The van der Waals surface area contributed by atoms with Crippen LogP contribution < -0.4 is 0 Å². The first-order chi connectivity index (χ1) is 9.31. The molecular weight excluding hydrogens is 301 g/mol. The van der Waals surface area contributed by atoms with Gasteiger partial charge in [-0.1, -0.05) is 29.3 Å². The molecule has 0 spiro atoms. The molecule has 0 aliphatic heterocycles. The minimum absolute atomic E-state index is 0.0737. The minimum Gasteiger partial charge on any atom is -0.478 e. The maximum absolute atomic E-state index is 12.0. The van der Waals surface area contributed by atoms with Gasteiger partial charge >= 0.3 is 5.97 Å². The number of carbonyl (C=O) groups is 2. The fourth-order valence-corrected chi connectivity index (χ4v) is 1.91. The van der Waals surface area contributed by atoms with Crippen LogP contribution in [0.2, 0.25) is 10.0 Å². The zero-order chi connectivity index (χ0) is 15.3. The van der Waals surface area contributed by atoms with Crippen molar-refractivity contribution in [2.45, 2.75) is 26.4 Å². The van der Waals surface area contributed by atoms with E-state index >= 15 is 0 Å². The van der Waals surface area contributed by atoms with Crippen LogP contribution in [-0.2, 0) is 16.1 Å². The van der Waals surface area contributed by atoms with E-state index in [0.29, 0.717) is 16.6 Å². The molecule has 0 atom stereocenters. The van der Waals surface area contributed by atoms with Gasteiger partial charge in [-0.2, -0.15) is 0 Å². The third-order valence-corrected chi connectivity index (χ3v) is 3.35. The SMILES string of the molecule is CC(C)N(Cc1ccc(Cl)c(Cl)c1)C(=O)/C=C/C(=O)O. The van der Waals surface area contributed by atoms with Gasteiger partial charge in [-0.15, -0.1) is 0 Å². The van der Waals surface area contributed by atoms with Crippen LogP contribution >= 0.6 is 23.2 Å². The highest BCUT2D eigenvalue weighted by molar-refractivity contribution is 6.42. The summed E-state index contributed by atoms with van der Waals surface area (Å²) >= 11 is 11.8. The van der Waals surface area contributed by atoms with Crippen LogP contribution in [0.3, 0.4) is 0 Å². The highest BCUT2D eigenvalue weighted by Gasteiger charge is 2.15. The van der Waals surface area contributed by atoms with E-state index in [9.17, 15) is 9.59 Å². The van der Waals surface area contributed by atoms with Gasteiger partial charge in [-0.25, -0.2) is 4.79 Å². The predicted molar refractivity (Wildman–Crippen MR) is 78.9 cm³/mol. The zero-order valence-electron chi connectivity index (χ0n) is 11.1. The van der Waals surface area contributed by atoms with Gasteiger partial charge in [0.1, 0.15) is 0 Å². The Morgan fingerprint density at radius 3 is 2.40 bits per heavy atom. The predicted octanol–water partition coefficient (Wildman–Crippen LogP) is 3.37. The van der Waals surface area contributed by atoms with E-state index in [1.807, 2.05) is 13.8 Å². The van der Waals surface area contributed by atoms with E-state index in [1.165, 1.54) is 0 Å². The van der Waals surface area contributed by atoms with Crippen molar-refractivity contribution >= 4 is 35.1 Å². The smallest absolute Gasteiger partial charge is 0.328 e. The quantitative estimate of drug-likeness (QED) is 0.847. The van der Waals surface area contributed by atoms with E-state index in [2.05, 4.69) is 0 Å². The number of amides is 1. The minimum atomic E-state index is -1.16. The van der Waals surface area contributed by atoms with Crippen molar-refractivity contribution in [1.29, 1.82) is 0 Å². The van der Waals surface area contributed by atoms with Crippen LogP contribution in [-0.4, -0.2) is 27.9 Å². The van der Waals surface area contributed by atoms with Crippen molar-refractivity contribution in [3.05, 3.63) is 46.0 Å². The molecule has 20 heavy (non-hydrogen) atoms. The molecule has 0 saturated heterocycles. The molecule has 0 aromatic heterocycles. The largest absolute Gasteiger partial charge is 0.478 e. The van der Waals surface area contributed by atoms with Crippen LogP contribution in [0, 0.1) is 0 Å². The summed E-state index contributed by atoms with van der Waals surface area (Å²) in [5.41, 5.74) is 0.824. The van der Waals surface area contributed by atoms with Crippen molar-refractivity contribution < 1.29 is 14.7 Å². The molecule has 0 bridgehead atoms. The van der Waals surface area contributed by atoms with Gasteiger partial charge in [-0.05, 0) is 31.5 Å². The standard InChI is InChI=1S/C14H15Cl2NO3/c1-9(2)17(13(18)5-6-14(19)20)8-10-3-4-11(15)12(16)7-10/h3-7,9H,8H2,1-2H3,(H,19,20)/b6-5+. The molecule has 6 heteroatoms. The van der Waals surface area contributed by atoms with Gasteiger partial charge in [0, 0.05) is 24.7 Å². The summed E-state index contributed by atoms with van der Waals surface area (Å²) in [5.74, 6) is -1.52. The Bertz CT molecular complexity index is 541. The average Bonchev–Trinajstić information content (AvgIpc) is 2.36. The number of nitrogens with zero attached hydrogens (tertiary/aromatic N) is 1. The highest BCUT2D eigenvalue weighted by atomic mass is 35.5. The molecule has 1 amide bonds. The van der Waals surface area contributed by atoms with Gasteiger partial charge < -0.3 is 10.0 Å². The molecule has 0 saturated carbocycles. The first kappa shape index (κ1) is 16.5. The molecule has 0 heterocycles. The third-order valence-electron chi connectivity index (χ3n) is 2.61. The Labute approximate surface area is 127 Å². The summed E-state index contributed by atoms with van der Waals surface area (Å²) < 4.78 is 0. The van der Waals surface area contributed by atoms with Crippen molar-refractivity contribution in [3.63, 3.8) is 0 Å². The van der Waals surface area contributed by atoms with Gasteiger partial charge in [0.25, 0.3) is 0 Å². The summed E-state index contributed by atoms with van der Waals surface area (Å²) in [7, 11) is 0. The van der Waals surface area contributed by atoms with Crippen molar-refractivity contribution in [3.8, 4) is 0 Å². The molecule has 4 nitrogen and oxygen atoms in total. The Balaban J connectivity index is 2.89. The Morgan fingerprint density at radius 2 is 1.90 bits per heavy atom. The van der Waals surface area contributed by atoms with Gasteiger partial charge in [0.05, 0.1) is 10.0 Å². The first-order valence-corrected chi connectivity index (χ1v) is 6.72. The van der Waals surface area contributed by atoms with Crippen molar-refractivity contribution in [2.24, 2.45) is 0 Å². The van der Waals surface area contributed by atoms with Crippen LogP contribution in [0.1, 0.15) is 19.4 Å². The number of aliphatic carboxylic acids is 1. The number of hydrogen-bond acceptors (Lipinski definition) is 2. The highest BCUT2D eigenvalue weighted by Crippen LogP contribution is 2.23. The van der Waals surface area contributed by atoms with Crippen LogP contribution in [0.15, 0.2) is 30.4 Å². The number of hydrogen-bond donors (Lipinski definition) is 1. The molecule has 0 fully saturated rings. The lowest BCUT2D eigenvalue weighted by molar-refractivity contribution is -0.132. The summed E-state index contributed by atoms with van der Waals surface area (Å²) in [6.45, 7) is 4.03. The van der Waals surface area contributed by atoms with Gasteiger partial charge in [0.2, 0.25) is 5.91 Å². The fourth-order valence-electron chi connectivity index (χ4n) is 1.59. The van der Waals surface area contributed by atoms with Crippen LogP contribution in [0.4, 0.5) is 0 Å². The summed E-state index contributed by atoms with van der Waals surface area (Å²) in [4.78, 5) is 23.9. The van der Waals surface area contributed by atoms with E-state index in [4.69, 9.17) is 28.3 Å². The Kier molecular flexibility index (Phi) is 6.05. The van der Waals surface area contributed by atoms with E-state index in [0.717, 1.165) is 17.7 Å². The summed E-state index contributed by atoms with van der Waals surface area (Å²) in [6, 6.07) is 5.05. The monoisotopic (exact) mass is 315 g/mol. The summed E-state index contributed by atoms with van der Waals surface area (Å²) in [5, 5.41) is 9.42.